The van der Waals surface area contributed by atoms with Gasteiger partial charge >= 0.3 is 0 Å². The van der Waals surface area contributed by atoms with Gasteiger partial charge < -0.3 is 10.2 Å². The van der Waals surface area contributed by atoms with Crippen LogP contribution in [0.15, 0.2) is 41.4 Å². The van der Waals surface area contributed by atoms with Crippen LogP contribution in [-0.2, 0) is 6.42 Å². The predicted octanol–water partition coefficient (Wildman–Crippen LogP) is 3.32. The van der Waals surface area contributed by atoms with E-state index in [4.69, 9.17) is 12.2 Å². The Morgan fingerprint density at radius 1 is 1.14 bits per heavy atom. The SMILES string of the molecule is CNC(=S)/N=C(/Nc1nc(C)cc(C)n1)N1CCC(Cc2ccccc2)CC1. The lowest BCUT2D eigenvalue weighted by atomic mass is 9.90. The van der Waals surface area contributed by atoms with Gasteiger partial charge in [-0.3, -0.25) is 5.32 Å². The smallest absolute Gasteiger partial charge is 0.229 e. The van der Waals surface area contributed by atoms with Gasteiger partial charge in [0.05, 0.1) is 0 Å². The van der Waals surface area contributed by atoms with Crippen molar-refractivity contribution in [1.82, 2.24) is 20.2 Å². The molecule has 148 valence electrons. The van der Waals surface area contributed by atoms with Crippen molar-refractivity contribution in [2.75, 3.05) is 25.5 Å². The first-order valence-corrected chi connectivity index (χ1v) is 10.1. The van der Waals surface area contributed by atoms with E-state index >= 15 is 0 Å². The molecular formula is C21H28N6S. The molecule has 2 heterocycles. The van der Waals surface area contributed by atoms with Gasteiger partial charge in [0.15, 0.2) is 5.11 Å². The quantitative estimate of drug-likeness (QED) is 0.471. The minimum Gasteiger partial charge on any atom is -0.364 e. The van der Waals surface area contributed by atoms with Crippen LogP contribution in [0.3, 0.4) is 0 Å². The van der Waals surface area contributed by atoms with E-state index in [1.54, 1.807) is 7.05 Å². The van der Waals surface area contributed by atoms with Crippen molar-refractivity contribution in [3.63, 3.8) is 0 Å². The lowest BCUT2D eigenvalue weighted by molar-refractivity contribution is 0.265. The van der Waals surface area contributed by atoms with Crippen LogP contribution in [-0.4, -0.2) is 46.1 Å². The third-order valence-electron chi connectivity index (χ3n) is 4.91. The maximum atomic E-state index is 5.27. The molecule has 1 aromatic carbocycles. The van der Waals surface area contributed by atoms with E-state index in [2.05, 4.69) is 60.8 Å². The van der Waals surface area contributed by atoms with Gasteiger partial charge in [-0.2, -0.15) is 4.99 Å². The van der Waals surface area contributed by atoms with Crippen LogP contribution in [0.5, 0.6) is 0 Å². The molecule has 0 bridgehead atoms. The minimum atomic E-state index is 0.443. The standard InChI is InChI=1S/C21H28N6S/c1-15-13-16(2)24-19(23-15)25-20(26-21(28)22-3)27-11-9-18(10-12-27)14-17-7-5-4-6-8-17/h4-8,13,18H,9-12,14H2,1-3H3,(H2,22,23,24,25,26,28). The van der Waals surface area contributed by atoms with E-state index < -0.39 is 0 Å². The summed E-state index contributed by atoms with van der Waals surface area (Å²) >= 11 is 5.27. The van der Waals surface area contributed by atoms with Gasteiger partial charge in [0.25, 0.3) is 0 Å². The third kappa shape index (κ3) is 5.73. The summed E-state index contributed by atoms with van der Waals surface area (Å²) in [5, 5.41) is 6.65. The second-order valence-corrected chi connectivity index (χ2v) is 7.60. The van der Waals surface area contributed by atoms with E-state index in [1.807, 2.05) is 19.9 Å². The van der Waals surface area contributed by atoms with Crippen LogP contribution in [0, 0.1) is 19.8 Å². The highest BCUT2D eigenvalue weighted by molar-refractivity contribution is 7.80. The van der Waals surface area contributed by atoms with Crippen LogP contribution in [0.2, 0.25) is 0 Å². The fourth-order valence-electron chi connectivity index (χ4n) is 3.51. The van der Waals surface area contributed by atoms with Crippen molar-refractivity contribution in [1.29, 1.82) is 0 Å². The normalized spacial score (nSPS) is 15.4. The second-order valence-electron chi connectivity index (χ2n) is 7.21. The zero-order valence-electron chi connectivity index (χ0n) is 16.8. The van der Waals surface area contributed by atoms with Gasteiger partial charge in [0.1, 0.15) is 0 Å². The minimum absolute atomic E-state index is 0.443. The summed E-state index contributed by atoms with van der Waals surface area (Å²) < 4.78 is 0. The van der Waals surface area contributed by atoms with Crippen LogP contribution < -0.4 is 10.6 Å². The maximum absolute atomic E-state index is 5.27. The zero-order valence-corrected chi connectivity index (χ0v) is 17.6. The number of hydrogen-bond acceptors (Lipinski definition) is 3. The summed E-state index contributed by atoms with van der Waals surface area (Å²) in [6, 6.07) is 12.7. The molecule has 2 aromatic rings. The molecule has 3 rings (SSSR count). The Bertz CT molecular complexity index is 808. The number of piperidine rings is 1. The van der Waals surface area contributed by atoms with Crippen LogP contribution >= 0.6 is 12.2 Å². The van der Waals surface area contributed by atoms with Crippen molar-refractivity contribution >= 4 is 29.2 Å². The maximum Gasteiger partial charge on any atom is 0.229 e. The molecule has 1 fully saturated rings. The van der Waals surface area contributed by atoms with E-state index in [0.717, 1.165) is 43.7 Å². The molecule has 0 unspecified atom stereocenters. The number of aromatic nitrogens is 2. The first-order chi connectivity index (χ1) is 13.5. The molecular weight excluding hydrogens is 368 g/mol. The van der Waals surface area contributed by atoms with Crippen molar-refractivity contribution in [3.8, 4) is 0 Å². The lowest BCUT2D eigenvalue weighted by Crippen LogP contribution is -2.43. The number of guanidine groups is 1. The summed E-state index contributed by atoms with van der Waals surface area (Å²) in [6.07, 6.45) is 3.37. The largest absolute Gasteiger partial charge is 0.364 e. The first-order valence-electron chi connectivity index (χ1n) is 9.72. The van der Waals surface area contributed by atoms with Gasteiger partial charge in [-0.1, -0.05) is 30.3 Å². The molecule has 1 aliphatic rings. The van der Waals surface area contributed by atoms with Gasteiger partial charge in [-0.15, -0.1) is 0 Å². The van der Waals surface area contributed by atoms with Crippen molar-refractivity contribution in [2.24, 2.45) is 10.9 Å². The Labute approximate surface area is 172 Å². The number of hydrogen-bond donors (Lipinski definition) is 2. The summed E-state index contributed by atoms with van der Waals surface area (Å²) in [7, 11) is 1.78. The molecule has 2 N–H and O–H groups in total. The Hall–Kier alpha value is -2.54. The average Bonchev–Trinajstić information content (AvgIpc) is 2.68. The van der Waals surface area contributed by atoms with E-state index in [9.17, 15) is 0 Å². The van der Waals surface area contributed by atoms with Gasteiger partial charge in [-0.05, 0) is 62.9 Å². The number of thiocarbonyl (C=S) groups is 1. The number of anilines is 1. The van der Waals surface area contributed by atoms with Crippen molar-refractivity contribution in [2.45, 2.75) is 33.1 Å². The molecule has 28 heavy (non-hydrogen) atoms. The number of aryl methyl sites for hydroxylation is 2. The van der Waals surface area contributed by atoms with Crippen molar-refractivity contribution < 1.29 is 0 Å². The second kappa shape index (κ2) is 9.59. The molecule has 6 nitrogen and oxygen atoms in total. The fraction of sp³-hybridized carbons (Fsp3) is 0.429. The summed E-state index contributed by atoms with van der Waals surface area (Å²) in [4.78, 5) is 15.8. The third-order valence-corrected chi connectivity index (χ3v) is 5.20. The summed E-state index contributed by atoms with van der Waals surface area (Å²) in [5.74, 6) is 1.96. The van der Waals surface area contributed by atoms with Gasteiger partial charge in [-0.25, -0.2) is 9.97 Å². The molecule has 0 amide bonds. The van der Waals surface area contributed by atoms with Crippen LogP contribution in [0.1, 0.15) is 29.8 Å². The molecule has 1 saturated heterocycles. The van der Waals surface area contributed by atoms with E-state index in [1.165, 1.54) is 5.56 Å². The highest BCUT2D eigenvalue weighted by atomic mass is 32.1. The molecule has 1 aliphatic heterocycles. The van der Waals surface area contributed by atoms with Crippen molar-refractivity contribution in [3.05, 3.63) is 53.3 Å². The molecule has 0 aliphatic carbocycles. The van der Waals surface area contributed by atoms with Crippen LogP contribution in [0.25, 0.3) is 0 Å². The topological polar surface area (TPSA) is 65.4 Å². The summed E-state index contributed by atoms with van der Waals surface area (Å²) in [6.45, 7) is 5.79. The number of rotatable bonds is 3. The molecule has 0 spiro atoms. The lowest BCUT2D eigenvalue weighted by Gasteiger charge is -2.34. The van der Waals surface area contributed by atoms with E-state index in [0.29, 0.717) is 22.9 Å². The monoisotopic (exact) mass is 396 g/mol. The number of benzene rings is 1. The average molecular weight is 397 g/mol. The Morgan fingerprint density at radius 2 is 1.79 bits per heavy atom. The fourth-order valence-corrected chi connectivity index (χ4v) is 3.59. The predicted molar refractivity (Wildman–Crippen MR) is 119 cm³/mol. The van der Waals surface area contributed by atoms with E-state index in [-0.39, 0.29) is 0 Å². The number of nitrogens with zero attached hydrogens (tertiary/aromatic N) is 4. The Kier molecular flexibility index (Phi) is 6.92. The Balaban J connectivity index is 1.68. The highest BCUT2D eigenvalue weighted by Gasteiger charge is 2.23. The molecule has 1 aromatic heterocycles. The molecule has 0 saturated carbocycles. The molecule has 7 heteroatoms. The first kappa shape index (κ1) is 20.2. The van der Waals surface area contributed by atoms with Gasteiger partial charge in [0.2, 0.25) is 11.9 Å². The number of aliphatic imine (C=N–C) groups is 1. The Morgan fingerprint density at radius 3 is 2.39 bits per heavy atom. The van der Waals surface area contributed by atoms with Crippen LogP contribution in [0.4, 0.5) is 5.95 Å². The number of likely N-dealkylation sites (tertiary alicyclic amines) is 1. The molecule has 0 radical (unpaired) electrons. The highest BCUT2D eigenvalue weighted by Crippen LogP contribution is 2.22. The number of nitrogens with one attached hydrogen (secondary N) is 2. The summed E-state index contributed by atoms with van der Waals surface area (Å²) in [5.41, 5.74) is 3.26. The zero-order chi connectivity index (χ0) is 19.9. The molecule has 0 atom stereocenters. The van der Waals surface area contributed by atoms with Gasteiger partial charge in [0, 0.05) is 31.5 Å².